The van der Waals surface area contributed by atoms with E-state index in [1.54, 1.807) is 12.1 Å². The standard InChI is InChI=1S/C11H13NO3/c1-3-4-5-9-6-7-11(15-2)10(8-9)12(13)14/h4-8H,3H2,1-2H3/b5-4+. The summed E-state index contributed by atoms with van der Waals surface area (Å²) < 4.78 is 4.90. The van der Waals surface area contributed by atoms with E-state index in [-0.39, 0.29) is 11.4 Å². The Morgan fingerprint density at radius 3 is 2.80 bits per heavy atom. The molecule has 0 saturated heterocycles. The number of hydrogen-bond donors (Lipinski definition) is 0. The Morgan fingerprint density at radius 2 is 2.27 bits per heavy atom. The average molecular weight is 207 g/mol. The first-order chi connectivity index (χ1) is 7.19. The smallest absolute Gasteiger partial charge is 0.311 e. The summed E-state index contributed by atoms with van der Waals surface area (Å²) in [5.74, 6) is 0.286. The van der Waals surface area contributed by atoms with Gasteiger partial charge in [-0.2, -0.15) is 0 Å². The van der Waals surface area contributed by atoms with Crippen LogP contribution in [-0.2, 0) is 0 Å². The number of ether oxygens (including phenoxy) is 1. The topological polar surface area (TPSA) is 52.4 Å². The first-order valence-electron chi connectivity index (χ1n) is 4.68. The van der Waals surface area contributed by atoms with E-state index in [0.717, 1.165) is 12.0 Å². The number of benzene rings is 1. The number of nitrogens with zero attached hydrogens (tertiary/aromatic N) is 1. The van der Waals surface area contributed by atoms with Crippen LogP contribution in [0.5, 0.6) is 5.75 Å². The van der Waals surface area contributed by atoms with Crippen molar-refractivity contribution in [3.63, 3.8) is 0 Å². The Morgan fingerprint density at radius 1 is 1.53 bits per heavy atom. The molecule has 0 aliphatic rings. The molecule has 1 aromatic rings. The lowest BCUT2D eigenvalue weighted by atomic mass is 10.1. The molecule has 1 aromatic carbocycles. The Hall–Kier alpha value is -1.84. The summed E-state index contributed by atoms with van der Waals surface area (Å²) in [5.41, 5.74) is 0.806. The van der Waals surface area contributed by atoms with Gasteiger partial charge < -0.3 is 4.74 Å². The molecule has 0 aromatic heterocycles. The molecule has 4 nitrogen and oxygen atoms in total. The van der Waals surface area contributed by atoms with Crippen molar-refractivity contribution in [1.29, 1.82) is 0 Å². The fraction of sp³-hybridized carbons (Fsp3) is 0.273. The second-order valence-corrected chi connectivity index (χ2v) is 3.00. The molecule has 0 heterocycles. The van der Waals surface area contributed by atoms with Gasteiger partial charge in [-0.25, -0.2) is 0 Å². The number of rotatable bonds is 4. The van der Waals surface area contributed by atoms with Gasteiger partial charge in [0.25, 0.3) is 0 Å². The minimum absolute atomic E-state index is 0.00393. The van der Waals surface area contributed by atoms with Gasteiger partial charge in [-0.05, 0) is 18.1 Å². The van der Waals surface area contributed by atoms with Gasteiger partial charge in [-0.3, -0.25) is 10.1 Å². The lowest BCUT2D eigenvalue weighted by Gasteiger charge is -2.01. The van der Waals surface area contributed by atoms with Crippen LogP contribution in [0, 0.1) is 10.1 Å². The Kier molecular flexibility index (Phi) is 3.85. The maximum atomic E-state index is 10.7. The SMILES string of the molecule is CC/C=C/c1ccc(OC)c([N+](=O)[O-])c1. The highest BCUT2D eigenvalue weighted by Crippen LogP contribution is 2.27. The fourth-order valence-electron chi connectivity index (χ4n) is 1.21. The van der Waals surface area contributed by atoms with E-state index in [0.29, 0.717) is 0 Å². The maximum absolute atomic E-state index is 10.7. The van der Waals surface area contributed by atoms with Crippen LogP contribution < -0.4 is 4.74 Å². The van der Waals surface area contributed by atoms with Crippen LogP contribution in [-0.4, -0.2) is 12.0 Å². The van der Waals surface area contributed by atoms with Gasteiger partial charge in [0.2, 0.25) is 0 Å². The van der Waals surface area contributed by atoms with Gasteiger partial charge >= 0.3 is 5.69 Å². The molecule has 0 saturated carbocycles. The molecule has 0 aliphatic heterocycles. The van der Waals surface area contributed by atoms with Crippen molar-refractivity contribution in [3.05, 3.63) is 40.0 Å². The number of nitro groups is 1. The molecule has 0 amide bonds. The minimum atomic E-state index is -0.442. The summed E-state index contributed by atoms with van der Waals surface area (Å²) in [6.45, 7) is 2.01. The van der Waals surface area contributed by atoms with E-state index in [4.69, 9.17) is 4.74 Å². The first kappa shape index (κ1) is 11.2. The van der Waals surface area contributed by atoms with Gasteiger partial charge in [0.05, 0.1) is 12.0 Å². The van der Waals surface area contributed by atoms with E-state index in [9.17, 15) is 10.1 Å². The van der Waals surface area contributed by atoms with Crippen molar-refractivity contribution in [2.75, 3.05) is 7.11 Å². The van der Waals surface area contributed by atoms with Gasteiger partial charge in [0, 0.05) is 6.07 Å². The van der Waals surface area contributed by atoms with Crippen LogP contribution in [0.3, 0.4) is 0 Å². The Bertz CT molecular complexity index is 385. The third-order valence-electron chi connectivity index (χ3n) is 1.95. The van der Waals surface area contributed by atoms with Crippen LogP contribution in [0.25, 0.3) is 6.08 Å². The number of methoxy groups -OCH3 is 1. The molecule has 0 unspecified atom stereocenters. The molecule has 0 atom stereocenters. The molecular weight excluding hydrogens is 194 g/mol. The Labute approximate surface area is 88.3 Å². The highest BCUT2D eigenvalue weighted by atomic mass is 16.6. The fourth-order valence-corrected chi connectivity index (χ4v) is 1.21. The zero-order valence-electron chi connectivity index (χ0n) is 8.77. The van der Waals surface area contributed by atoms with Crippen LogP contribution in [0.2, 0.25) is 0 Å². The van der Waals surface area contributed by atoms with Crippen LogP contribution in [0.4, 0.5) is 5.69 Å². The van der Waals surface area contributed by atoms with Gasteiger partial charge in [-0.1, -0.05) is 25.1 Å². The van der Waals surface area contributed by atoms with Crippen molar-refractivity contribution < 1.29 is 9.66 Å². The lowest BCUT2D eigenvalue weighted by molar-refractivity contribution is -0.385. The quantitative estimate of drug-likeness (QED) is 0.563. The molecule has 1 rings (SSSR count). The zero-order valence-corrected chi connectivity index (χ0v) is 8.77. The van der Waals surface area contributed by atoms with E-state index in [1.165, 1.54) is 13.2 Å². The summed E-state index contributed by atoms with van der Waals surface area (Å²) in [6.07, 6.45) is 4.71. The van der Waals surface area contributed by atoms with Crippen molar-refractivity contribution in [1.82, 2.24) is 0 Å². The molecule has 0 bridgehead atoms. The highest BCUT2D eigenvalue weighted by Gasteiger charge is 2.13. The largest absolute Gasteiger partial charge is 0.490 e. The molecule has 15 heavy (non-hydrogen) atoms. The van der Waals surface area contributed by atoms with Crippen LogP contribution in [0.15, 0.2) is 24.3 Å². The van der Waals surface area contributed by atoms with Crippen molar-refractivity contribution in [2.24, 2.45) is 0 Å². The van der Waals surface area contributed by atoms with Crippen molar-refractivity contribution in [3.8, 4) is 5.75 Å². The average Bonchev–Trinajstić information content (AvgIpc) is 2.25. The predicted octanol–water partition coefficient (Wildman–Crippen LogP) is 3.03. The second kappa shape index (κ2) is 5.14. The summed E-state index contributed by atoms with van der Waals surface area (Å²) in [5, 5.41) is 10.7. The normalized spacial score (nSPS) is 10.5. The Balaban J connectivity index is 3.10. The number of hydrogen-bond acceptors (Lipinski definition) is 3. The lowest BCUT2D eigenvalue weighted by Crippen LogP contribution is -1.93. The van der Waals surface area contributed by atoms with Gasteiger partial charge in [-0.15, -0.1) is 0 Å². The minimum Gasteiger partial charge on any atom is -0.490 e. The molecule has 0 fully saturated rings. The van der Waals surface area contributed by atoms with E-state index >= 15 is 0 Å². The summed E-state index contributed by atoms with van der Waals surface area (Å²) in [7, 11) is 1.42. The molecule has 80 valence electrons. The van der Waals surface area contributed by atoms with Crippen LogP contribution in [0.1, 0.15) is 18.9 Å². The third-order valence-corrected chi connectivity index (χ3v) is 1.95. The monoisotopic (exact) mass is 207 g/mol. The summed E-state index contributed by atoms with van der Waals surface area (Å²) >= 11 is 0. The molecule has 0 radical (unpaired) electrons. The van der Waals surface area contributed by atoms with E-state index < -0.39 is 4.92 Å². The molecule has 4 heteroatoms. The molecular formula is C11H13NO3. The third kappa shape index (κ3) is 2.80. The summed E-state index contributed by atoms with van der Waals surface area (Å²) in [4.78, 5) is 10.3. The maximum Gasteiger partial charge on any atom is 0.311 e. The van der Waals surface area contributed by atoms with Gasteiger partial charge in [0.1, 0.15) is 0 Å². The predicted molar refractivity (Wildman–Crippen MR) is 59.0 cm³/mol. The summed E-state index contributed by atoms with van der Waals surface area (Å²) in [6, 6.07) is 4.90. The molecule has 0 aliphatic carbocycles. The number of allylic oxidation sites excluding steroid dienone is 1. The zero-order chi connectivity index (χ0) is 11.3. The van der Waals surface area contributed by atoms with E-state index in [2.05, 4.69) is 0 Å². The first-order valence-corrected chi connectivity index (χ1v) is 4.68. The van der Waals surface area contributed by atoms with Crippen molar-refractivity contribution in [2.45, 2.75) is 13.3 Å². The van der Waals surface area contributed by atoms with Gasteiger partial charge in [0.15, 0.2) is 5.75 Å². The number of nitro benzene ring substituents is 1. The second-order valence-electron chi connectivity index (χ2n) is 3.00. The van der Waals surface area contributed by atoms with E-state index in [1.807, 2.05) is 19.1 Å². The van der Waals surface area contributed by atoms with Crippen LogP contribution >= 0.6 is 0 Å². The molecule has 0 N–H and O–H groups in total. The van der Waals surface area contributed by atoms with Crippen molar-refractivity contribution >= 4 is 11.8 Å². The highest BCUT2D eigenvalue weighted by molar-refractivity contribution is 5.58. The molecule has 0 spiro atoms.